The molecule has 0 saturated carbocycles. The molecule has 23 heavy (non-hydrogen) atoms. The van der Waals surface area contributed by atoms with Crippen molar-refractivity contribution in [3.8, 4) is 5.75 Å². The molecule has 2 aromatic rings. The van der Waals surface area contributed by atoms with Crippen LogP contribution in [0, 0.1) is 0 Å². The van der Waals surface area contributed by atoms with Crippen LogP contribution in [0.5, 0.6) is 5.75 Å². The summed E-state index contributed by atoms with van der Waals surface area (Å²) in [5.41, 5.74) is 3.24. The number of halogens is 2. The van der Waals surface area contributed by atoms with Gasteiger partial charge in [-0.25, -0.2) is 0 Å². The van der Waals surface area contributed by atoms with E-state index in [-0.39, 0.29) is 12.5 Å². The molecule has 0 aliphatic heterocycles. The predicted octanol–water partition coefficient (Wildman–Crippen LogP) is 4.89. The Labute approximate surface area is 145 Å². The van der Waals surface area contributed by atoms with E-state index >= 15 is 0 Å². The van der Waals surface area contributed by atoms with E-state index in [0.717, 1.165) is 18.6 Å². The van der Waals surface area contributed by atoms with Crippen LogP contribution in [0.25, 0.3) is 0 Å². The standard InChI is InChI=1S/C18H17Cl2NO2/c19-14-6-8-17(16(20)10-14)21-18(22)11-23-15-7-5-12-3-1-2-4-13(12)9-15/h5-10H,1-4,11H2,(H,21,22). The van der Waals surface area contributed by atoms with Gasteiger partial charge in [0, 0.05) is 5.02 Å². The molecule has 120 valence electrons. The van der Waals surface area contributed by atoms with Crippen LogP contribution in [0.4, 0.5) is 5.69 Å². The molecular weight excluding hydrogens is 333 g/mol. The molecule has 1 aliphatic rings. The molecule has 1 aliphatic carbocycles. The molecular formula is C18H17Cl2NO2. The van der Waals surface area contributed by atoms with E-state index in [0.29, 0.717) is 15.7 Å². The van der Waals surface area contributed by atoms with Gasteiger partial charge in [-0.2, -0.15) is 0 Å². The maximum atomic E-state index is 12.0. The lowest BCUT2D eigenvalue weighted by atomic mass is 9.92. The number of amides is 1. The summed E-state index contributed by atoms with van der Waals surface area (Å²) in [5.74, 6) is 0.468. The molecule has 1 amide bonds. The van der Waals surface area contributed by atoms with E-state index in [1.807, 2.05) is 12.1 Å². The Hall–Kier alpha value is -1.71. The molecule has 0 atom stereocenters. The van der Waals surface area contributed by atoms with Crippen molar-refractivity contribution in [2.75, 3.05) is 11.9 Å². The lowest BCUT2D eigenvalue weighted by molar-refractivity contribution is -0.118. The molecule has 0 saturated heterocycles. The first kappa shape index (κ1) is 16.2. The van der Waals surface area contributed by atoms with Crippen LogP contribution in [0.2, 0.25) is 10.0 Å². The van der Waals surface area contributed by atoms with Crippen molar-refractivity contribution in [2.24, 2.45) is 0 Å². The van der Waals surface area contributed by atoms with Gasteiger partial charge in [-0.05, 0) is 67.1 Å². The van der Waals surface area contributed by atoms with Crippen LogP contribution in [0.3, 0.4) is 0 Å². The Morgan fingerprint density at radius 3 is 2.61 bits per heavy atom. The van der Waals surface area contributed by atoms with E-state index in [1.54, 1.807) is 18.2 Å². The number of rotatable bonds is 4. The summed E-state index contributed by atoms with van der Waals surface area (Å²) in [6.07, 6.45) is 4.67. The molecule has 2 aromatic carbocycles. The number of hydrogen-bond acceptors (Lipinski definition) is 2. The number of carbonyl (C=O) groups excluding carboxylic acids is 1. The molecule has 0 radical (unpaired) electrons. The smallest absolute Gasteiger partial charge is 0.262 e. The minimum Gasteiger partial charge on any atom is -0.484 e. The maximum Gasteiger partial charge on any atom is 0.262 e. The van der Waals surface area contributed by atoms with Crippen LogP contribution in [-0.2, 0) is 17.6 Å². The molecule has 3 nitrogen and oxygen atoms in total. The summed E-state index contributed by atoms with van der Waals surface area (Å²) in [6.45, 7) is -0.0578. The van der Waals surface area contributed by atoms with Crippen molar-refractivity contribution in [2.45, 2.75) is 25.7 Å². The average Bonchev–Trinajstić information content (AvgIpc) is 2.55. The predicted molar refractivity (Wildman–Crippen MR) is 93.7 cm³/mol. The van der Waals surface area contributed by atoms with Gasteiger partial charge in [0.25, 0.3) is 5.91 Å². The first-order valence-electron chi connectivity index (χ1n) is 7.61. The zero-order valence-corrected chi connectivity index (χ0v) is 14.1. The topological polar surface area (TPSA) is 38.3 Å². The maximum absolute atomic E-state index is 12.0. The van der Waals surface area contributed by atoms with Gasteiger partial charge in [-0.3, -0.25) is 4.79 Å². The summed E-state index contributed by atoms with van der Waals surface area (Å²) in [6, 6.07) is 11.0. The number of anilines is 1. The molecule has 0 spiro atoms. The van der Waals surface area contributed by atoms with E-state index in [2.05, 4.69) is 11.4 Å². The highest BCUT2D eigenvalue weighted by Crippen LogP contribution is 2.26. The van der Waals surface area contributed by atoms with Gasteiger partial charge in [0.15, 0.2) is 6.61 Å². The first-order valence-corrected chi connectivity index (χ1v) is 8.37. The Morgan fingerprint density at radius 2 is 1.83 bits per heavy atom. The Morgan fingerprint density at radius 1 is 1.04 bits per heavy atom. The Bertz CT molecular complexity index is 731. The number of benzene rings is 2. The van der Waals surface area contributed by atoms with E-state index in [4.69, 9.17) is 27.9 Å². The first-order chi connectivity index (χ1) is 11.1. The fourth-order valence-corrected chi connectivity index (χ4v) is 3.18. The lowest BCUT2D eigenvalue weighted by Gasteiger charge is -2.16. The Balaban J connectivity index is 1.58. The summed E-state index contributed by atoms with van der Waals surface area (Å²) < 4.78 is 5.59. The third-order valence-corrected chi connectivity index (χ3v) is 4.44. The quantitative estimate of drug-likeness (QED) is 0.853. The summed E-state index contributed by atoms with van der Waals surface area (Å²) >= 11 is 11.9. The van der Waals surface area contributed by atoms with Crippen LogP contribution in [0.1, 0.15) is 24.0 Å². The minimum atomic E-state index is -0.257. The fraction of sp³-hybridized carbons (Fsp3) is 0.278. The number of nitrogens with one attached hydrogen (secondary N) is 1. The average molecular weight is 350 g/mol. The third-order valence-electron chi connectivity index (χ3n) is 3.90. The highest BCUT2D eigenvalue weighted by Gasteiger charge is 2.11. The van der Waals surface area contributed by atoms with Crippen LogP contribution in [0.15, 0.2) is 36.4 Å². The second-order valence-corrected chi connectivity index (χ2v) is 6.44. The van der Waals surface area contributed by atoms with Crippen LogP contribution < -0.4 is 10.1 Å². The molecule has 1 N–H and O–H groups in total. The van der Waals surface area contributed by atoms with Gasteiger partial charge >= 0.3 is 0 Å². The summed E-state index contributed by atoms with van der Waals surface area (Å²) in [4.78, 5) is 12.0. The summed E-state index contributed by atoms with van der Waals surface area (Å²) in [7, 11) is 0. The number of carbonyl (C=O) groups is 1. The van der Waals surface area contributed by atoms with E-state index in [1.165, 1.54) is 24.0 Å². The van der Waals surface area contributed by atoms with Gasteiger partial charge in [0.2, 0.25) is 0 Å². The number of aryl methyl sites for hydroxylation is 2. The molecule has 3 rings (SSSR count). The third kappa shape index (κ3) is 4.18. The van der Waals surface area contributed by atoms with Crippen molar-refractivity contribution in [1.29, 1.82) is 0 Å². The molecule has 0 bridgehead atoms. The van der Waals surface area contributed by atoms with E-state index in [9.17, 15) is 4.79 Å². The number of ether oxygens (including phenoxy) is 1. The van der Waals surface area contributed by atoms with Gasteiger partial charge in [0.05, 0.1) is 10.7 Å². The fourth-order valence-electron chi connectivity index (χ4n) is 2.73. The monoisotopic (exact) mass is 349 g/mol. The van der Waals surface area contributed by atoms with E-state index < -0.39 is 0 Å². The molecule has 0 fully saturated rings. The van der Waals surface area contributed by atoms with Gasteiger partial charge < -0.3 is 10.1 Å². The van der Waals surface area contributed by atoms with Crippen LogP contribution in [-0.4, -0.2) is 12.5 Å². The van der Waals surface area contributed by atoms with Gasteiger partial charge in [-0.15, -0.1) is 0 Å². The van der Waals surface area contributed by atoms with Crippen molar-refractivity contribution in [3.63, 3.8) is 0 Å². The largest absolute Gasteiger partial charge is 0.484 e. The molecule has 0 heterocycles. The Kier molecular flexibility index (Phi) is 5.09. The van der Waals surface area contributed by atoms with Crippen molar-refractivity contribution in [3.05, 3.63) is 57.6 Å². The molecule has 5 heteroatoms. The van der Waals surface area contributed by atoms with Crippen molar-refractivity contribution < 1.29 is 9.53 Å². The minimum absolute atomic E-state index is 0.0578. The zero-order valence-electron chi connectivity index (χ0n) is 12.6. The van der Waals surface area contributed by atoms with Crippen LogP contribution >= 0.6 is 23.2 Å². The highest BCUT2D eigenvalue weighted by atomic mass is 35.5. The SMILES string of the molecule is O=C(COc1ccc2c(c1)CCCC2)Nc1ccc(Cl)cc1Cl. The zero-order chi connectivity index (χ0) is 16.2. The lowest BCUT2D eigenvalue weighted by Crippen LogP contribution is -2.20. The second-order valence-electron chi connectivity index (χ2n) is 5.60. The normalized spacial score (nSPS) is 13.3. The van der Waals surface area contributed by atoms with Gasteiger partial charge in [0.1, 0.15) is 5.75 Å². The second kappa shape index (κ2) is 7.24. The number of hydrogen-bond donors (Lipinski definition) is 1. The summed E-state index contributed by atoms with van der Waals surface area (Å²) in [5, 5.41) is 3.64. The van der Waals surface area contributed by atoms with Crippen molar-refractivity contribution >= 4 is 34.8 Å². The molecule has 0 unspecified atom stereocenters. The van der Waals surface area contributed by atoms with Crippen molar-refractivity contribution in [1.82, 2.24) is 0 Å². The highest BCUT2D eigenvalue weighted by molar-refractivity contribution is 6.36. The van der Waals surface area contributed by atoms with Gasteiger partial charge in [-0.1, -0.05) is 29.3 Å². The number of fused-ring (bicyclic) bond motifs is 1. The molecule has 0 aromatic heterocycles.